The molecule has 0 radical (unpaired) electrons. The minimum Gasteiger partial charge on any atom is -0.422 e. The Morgan fingerprint density at radius 2 is 1.44 bits per heavy atom. The third-order valence-electron chi connectivity index (χ3n) is 6.02. The van der Waals surface area contributed by atoms with Crippen LogP contribution in [0.1, 0.15) is 38.4 Å². The molecule has 4 nitrogen and oxygen atoms in total. The quantitative estimate of drug-likeness (QED) is 0.164. The second-order valence-electron chi connectivity index (χ2n) is 8.80. The summed E-state index contributed by atoms with van der Waals surface area (Å²) in [4.78, 5) is 18.0. The van der Waals surface area contributed by atoms with Gasteiger partial charge in [-0.2, -0.15) is 0 Å². The molecule has 0 spiro atoms. The van der Waals surface area contributed by atoms with Crippen LogP contribution in [-0.2, 0) is 11.3 Å². The van der Waals surface area contributed by atoms with Crippen molar-refractivity contribution in [3.63, 3.8) is 0 Å². The van der Waals surface area contributed by atoms with E-state index in [0.717, 1.165) is 37.8 Å². The van der Waals surface area contributed by atoms with Crippen molar-refractivity contribution >= 4 is 44.8 Å². The first-order valence-electron chi connectivity index (χ1n) is 11.7. The molecule has 0 fully saturated rings. The number of carbonyl (C=O) groups excluding carboxylic acids is 1. The predicted octanol–water partition coefficient (Wildman–Crippen LogP) is 7.82. The Labute approximate surface area is 219 Å². The molecule has 0 N–H and O–H groups in total. The summed E-state index contributed by atoms with van der Waals surface area (Å²) in [5, 5.41) is 0. The smallest absolute Gasteiger partial charge is 0.343 e. The highest BCUT2D eigenvalue weighted by atomic mass is 79.9. The number of rotatable bonds is 6. The van der Waals surface area contributed by atoms with Crippen molar-refractivity contribution in [1.82, 2.24) is 9.55 Å². The largest absolute Gasteiger partial charge is 0.422 e. The Bertz CT molecular complexity index is 1550. The maximum Gasteiger partial charge on any atom is 0.343 e. The molecule has 0 unspecified atom stereocenters. The van der Waals surface area contributed by atoms with Gasteiger partial charge in [-0.3, -0.25) is 0 Å². The molecule has 1 heterocycles. The number of nitrogens with zero attached hydrogens (tertiary/aromatic N) is 2. The van der Waals surface area contributed by atoms with E-state index in [1.54, 1.807) is 12.1 Å². The standard InChI is InChI=1S/C31H25BrN2O2/c1-21-7-13-24(14-8-21)29(36-31(35)25-15-9-22(2)10-16-25)19-30-33-27-5-3-4-6-28(27)34(30)20-23-11-17-26(32)18-12-23/h3-19H,20H2,1-2H3/b29-19+. The summed E-state index contributed by atoms with van der Waals surface area (Å²) >= 11 is 3.51. The monoisotopic (exact) mass is 536 g/mol. The fourth-order valence-electron chi connectivity index (χ4n) is 4.00. The lowest BCUT2D eigenvalue weighted by molar-refractivity contribution is 0.0693. The number of imidazole rings is 1. The number of carbonyl (C=O) groups is 1. The maximum absolute atomic E-state index is 13.1. The maximum atomic E-state index is 13.1. The van der Waals surface area contributed by atoms with Crippen molar-refractivity contribution in [2.75, 3.05) is 0 Å². The van der Waals surface area contributed by atoms with E-state index in [0.29, 0.717) is 23.7 Å². The van der Waals surface area contributed by atoms with Crippen LogP contribution in [-0.4, -0.2) is 15.5 Å². The number of hydrogen-bond acceptors (Lipinski definition) is 3. The average molecular weight is 537 g/mol. The first-order chi connectivity index (χ1) is 17.5. The number of ether oxygens (including phenoxy) is 1. The van der Waals surface area contributed by atoms with Gasteiger partial charge in [0, 0.05) is 22.7 Å². The summed E-state index contributed by atoms with van der Waals surface area (Å²) in [5.74, 6) is 0.761. The van der Waals surface area contributed by atoms with Crippen LogP contribution < -0.4 is 0 Å². The number of hydrogen-bond donors (Lipinski definition) is 0. The van der Waals surface area contributed by atoms with Gasteiger partial charge < -0.3 is 9.30 Å². The second kappa shape index (κ2) is 10.3. The zero-order valence-corrected chi connectivity index (χ0v) is 21.7. The highest BCUT2D eigenvalue weighted by molar-refractivity contribution is 9.10. The van der Waals surface area contributed by atoms with E-state index >= 15 is 0 Å². The van der Waals surface area contributed by atoms with Crippen LogP contribution in [0.5, 0.6) is 0 Å². The van der Waals surface area contributed by atoms with E-state index in [4.69, 9.17) is 9.72 Å². The summed E-state index contributed by atoms with van der Waals surface area (Å²) in [5.41, 5.74) is 6.57. The normalized spacial score (nSPS) is 11.6. The zero-order chi connectivity index (χ0) is 25.1. The molecule has 36 heavy (non-hydrogen) atoms. The molecule has 0 aliphatic heterocycles. The van der Waals surface area contributed by atoms with Crippen LogP contribution in [0, 0.1) is 13.8 Å². The zero-order valence-electron chi connectivity index (χ0n) is 20.1. The van der Waals surface area contributed by atoms with Crippen LogP contribution in [0.4, 0.5) is 0 Å². The molecule has 0 saturated heterocycles. The van der Waals surface area contributed by atoms with Gasteiger partial charge in [-0.15, -0.1) is 0 Å². The Morgan fingerprint density at radius 3 is 2.11 bits per heavy atom. The number of aryl methyl sites for hydroxylation is 2. The second-order valence-corrected chi connectivity index (χ2v) is 9.72. The van der Waals surface area contributed by atoms with Gasteiger partial charge >= 0.3 is 5.97 Å². The summed E-state index contributed by atoms with van der Waals surface area (Å²) < 4.78 is 9.17. The lowest BCUT2D eigenvalue weighted by Crippen LogP contribution is -2.07. The molecule has 0 saturated carbocycles. The van der Waals surface area contributed by atoms with Gasteiger partial charge in [-0.1, -0.05) is 87.7 Å². The van der Waals surface area contributed by atoms with Gasteiger partial charge in [-0.25, -0.2) is 9.78 Å². The van der Waals surface area contributed by atoms with Gasteiger partial charge in [0.2, 0.25) is 0 Å². The fraction of sp³-hybridized carbons (Fsp3) is 0.0968. The molecule has 178 valence electrons. The van der Waals surface area contributed by atoms with E-state index in [1.807, 2.05) is 86.7 Å². The Kier molecular flexibility index (Phi) is 6.83. The Hall–Kier alpha value is -3.96. The fourth-order valence-corrected chi connectivity index (χ4v) is 4.26. The summed E-state index contributed by atoms with van der Waals surface area (Å²) in [6, 6.07) is 31.6. The van der Waals surface area contributed by atoms with Gasteiger partial charge in [0.1, 0.15) is 11.6 Å². The number of benzene rings is 4. The first-order valence-corrected chi connectivity index (χ1v) is 12.5. The highest BCUT2D eigenvalue weighted by Crippen LogP contribution is 2.25. The highest BCUT2D eigenvalue weighted by Gasteiger charge is 2.16. The molecular weight excluding hydrogens is 512 g/mol. The molecule has 5 heteroatoms. The van der Waals surface area contributed by atoms with Crippen LogP contribution in [0.3, 0.4) is 0 Å². The average Bonchev–Trinajstić information content (AvgIpc) is 3.22. The number of para-hydroxylation sites is 2. The third-order valence-corrected chi connectivity index (χ3v) is 6.55. The Morgan fingerprint density at radius 1 is 0.833 bits per heavy atom. The van der Waals surface area contributed by atoms with Crippen LogP contribution >= 0.6 is 15.9 Å². The molecular formula is C31H25BrN2O2. The third kappa shape index (κ3) is 5.31. The molecule has 0 atom stereocenters. The van der Waals surface area contributed by atoms with Crippen molar-refractivity contribution in [2.24, 2.45) is 0 Å². The van der Waals surface area contributed by atoms with E-state index in [1.165, 1.54) is 0 Å². The van der Waals surface area contributed by atoms with E-state index in [9.17, 15) is 4.79 Å². The lowest BCUT2D eigenvalue weighted by Gasteiger charge is -2.12. The number of aromatic nitrogens is 2. The van der Waals surface area contributed by atoms with Gasteiger partial charge in [0.15, 0.2) is 0 Å². The van der Waals surface area contributed by atoms with Gasteiger partial charge in [0.05, 0.1) is 16.6 Å². The van der Waals surface area contributed by atoms with Gasteiger partial charge in [0.25, 0.3) is 0 Å². The molecule has 0 aliphatic rings. The van der Waals surface area contributed by atoms with Crippen molar-refractivity contribution in [3.8, 4) is 0 Å². The minimum absolute atomic E-state index is 0.405. The number of halogens is 1. The predicted molar refractivity (Wildman–Crippen MR) is 149 cm³/mol. The molecule has 0 bridgehead atoms. The van der Waals surface area contributed by atoms with E-state index in [2.05, 4.69) is 38.7 Å². The van der Waals surface area contributed by atoms with Crippen molar-refractivity contribution in [2.45, 2.75) is 20.4 Å². The van der Waals surface area contributed by atoms with E-state index < -0.39 is 5.97 Å². The van der Waals surface area contributed by atoms with Crippen molar-refractivity contribution in [3.05, 3.63) is 135 Å². The van der Waals surface area contributed by atoms with Crippen LogP contribution in [0.2, 0.25) is 0 Å². The summed E-state index contributed by atoms with van der Waals surface area (Å²) in [6.45, 7) is 4.65. The molecule has 0 amide bonds. The lowest BCUT2D eigenvalue weighted by atomic mass is 10.1. The number of esters is 1. The van der Waals surface area contributed by atoms with E-state index in [-0.39, 0.29) is 0 Å². The molecule has 5 rings (SSSR count). The minimum atomic E-state index is -0.405. The molecule has 1 aromatic heterocycles. The molecule has 5 aromatic rings. The topological polar surface area (TPSA) is 44.1 Å². The summed E-state index contributed by atoms with van der Waals surface area (Å²) in [6.07, 6.45) is 1.86. The SMILES string of the molecule is Cc1ccc(C(=O)O/C(=C/c2nc3ccccc3n2Cc2ccc(Br)cc2)c2ccc(C)cc2)cc1. The van der Waals surface area contributed by atoms with Crippen LogP contribution in [0.25, 0.3) is 22.9 Å². The summed E-state index contributed by atoms with van der Waals surface area (Å²) in [7, 11) is 0. The van der Waals surface area contributed by atoms with Crippen LogP contribution in [0.15, 0.2) is 102 Å². The van der Waals surface area contributed by atoms with Gasteiger partial charge in [-0.05, 0) is 55.8 Å². The van der Waals surface area contributed by atoms with Crippen molar-refractivity contribution < 1.29 is 9.53 Å². The molecule has 4 aromatic carbocycles. The first kappa shape index (κ1) is 23.8. The Balaban J connectivity index is 1.60. The number of fused-ring (bicyclic) bond motifs is 1. The molecule has 0 aliphatic carbocycles. The van der Waals surface area contributed by atoms with Crippen molar-refractivity contribution in [1.29, 1.82) is 0 Å².